The fraction of sp³-hybridized carbons (Fsp3) is 0.444. The Kier molecular flexibility index (Phi) is 11.0. The minimum atomic E-state index is 0. The highest BCUT2D eigenvalue weighted by atomic mass is 127. The third kappa shape index (κ3) is 8.22. The monoisotopic (exact) mass is 490 g/mol. The third-order valence-electron chi connectivity index (χ3n) is 3.49. The Bertz CT molecular complexity index is 679. The first kappa shape index (κ1) is 22.5. The lowest BCUT2D eigenvalue weighted by molar-refractivity contribution is 0.308. The topological polar surface area (TPSA) is 67.8 Å². The van der Waals surface area contributed by atoms with Crippen LogP contribution in [0, 0.1) is 6.92 Å². The van der Waals surface area contributed by atoms with E-state index >= 15 is 0 Å². The van der Waals surface area contributed by atoms with E-state index in [1.54, 1.807) is 25.5 Å². The van der Waals surface area contributed by atoms with Gasteiger partial charge in [-0.2, -0.15) is 0 Å². The quantitative estimate of drug-likeness (QED) is 0.245. The van der Waals surface area contributed by atoms with E-state index in [9.17, 15) is 0 Å². The molecule has 2 rings (SSSR count). The van der Waals surface area contributed by atoms with Crippen molar-refractivity contribution >= 4 is 41.3 Å². The number of hydrogen-bond donors (Lipinski definition) is 2. The van der Waals surface area contributed by atoms with Crippen LogP contribution in [0.3, 0.4) is 0 Å². The lowest BCUT2D eigenvalue weighted by Gasteiger charge is -2.12. The molecular weight excluding hydrogens is 463 g/mol. The van der Waals surface area contributed by atoms with Crippen molar-refractivity contribution in [1.82, 2.24) is 15.6 Å². The Morgan fingerprint density at radius 2 is 2.00 bits per heavy atom. The third-order valence-corrected chi connectivity index (χ3v) is 4.31. The van der Waals surface area contributed by atoms with Gasteiger partial charge in [0, 0.05) is 38.0 Å². The van der Waals surface area contributed by atoms with Gasteiger partial charge in [-0.15, -0.1) is 35.3 Å². The number of rotatable bonds is 9. The van der Waals surface area contributed by atoms with Gasteiger partial charge in [-0.25, -0.2) is 4.98 Å². The molecule has 0 fully saturated rings. The van der Waals surface area contributed by atoms with Gasteiger partial charge in [0.05, 0.1) is 24.4 Å². The lowest BCUT2D eigenvalue weighted by Crippen LogP contribution is -2.39. The van der Waals surface area contributed by atoms with E-state index in [0.717, 1.165) is 54.1 Å². The van der Waals surface area contributed by atoms with E-state index < -0.39 is 0 Å². The number of aromatic nitrogens is 1. The van der Waals surface area contributed by atoms with Crippen LogP contribution in [0.25, 0.3) is 0 Å². The van der Waals surface area contributed by atoms with Crippen molar-refractivity contribution in [2.45, 2.75) is 19.8 Å². The van der Waals surface area contributed by atoms with Crippen LogP contribution in [0.2, 0.25) is 0 Å². The molecule has 0 radical (unpaired) electrons. The Hall–Kier alpha value is -1.55. The summed E-state index contributed by atoms with van der Waals surface area (Å²) in [6.45, 7) is 4.26. The summed E-state index contributed by atoms with van der Waals surface area (Å²) in [7, 11) is 3.42. The molecule has 0 aliphatic heterocycles. The van der Waals surface area contributed by atoms with Crippen molar-refractivity contribution in [2.24, 2.45) is 4.99 Å². The minimum Gasteiger partial charge on any atom is -0.497 e. The van der Waals surface area contributed by atoms with Crippen LogP contribution < -0.4 is 20.1 Å². The van der Waals surface area contributed by atoms with E-state index in [2.05, 4.69) is 26.0 Å². The summed E-state index contributed by atoms with van der Waals surface area (Å²) in [6.07, 6.45) is 1.77. The zero-order valence-electron chi connectivity index (χ0n) is 15.4. The molecule has 0 amide bonds. The summed E-state index contributed by atoms with van der Waals surface area (Å²) in [5.74, 6) is 2.42. The molecule has 144 valence electrons. The molecule has 0 bridgehead atoms. The van der Waals surface area contributed by atoms with Crippen molar-refractivity contribution in [2.75, 3.05) is 33.9 Å². The maximum absolute atomic E-state index is 5.72. The first-order valence-corrected chi connectivity index (χ1v) is 9.21. The normalized spacial score (nSPS) is 10.8. The molecule has 2 aromatic rings. The van der Waals surface area contributed by atoms with Crippen molar-refractivity contribution in [3.8, 4) is 11.5 Å². The summed E-state index contributed by atoms with van der Waals surface area (Å²) in [5, 5.41) is 9.79. The highest BCUT2D eigenvalue weighted by Gasteiger charge is 2.01. The summed E-state index contributed by atoms with van der Waals surface area (Å²) in [5.41, 5.74) is 1.12. The van der Waals surface area contributed by atoms with E-state index in [-0.39, 0.29) is 24.0 Å². The van der Waals surface area contributed by atoms with Crippen molar-refractivity contribution in [3.05, 3.63) is 40.3 Å². The Balaban J connectivity index is 0.00000338. The zero-order valence-corrected chi connectivity index (χ0v) is 18.6. The highest BCUT2D eigenvalue weighted by Crippen LogP contribution is 2.18. The van der Waals surface area contributed by atoms with Crippen LogP contribution in [-0.2, 0) is 6.42 Å². The van der Waals surface area contributed by atoms with Gasteiger partial charge < -0.3 is 20.1 Å². The molecule has 0 unspecified atom stereocenters. The van der Waals surface area contributed by atoms with Crippen molar-refractivity contribution in [3.63, 3.8) is 0 Å². The maximum Gasteiger partial charge on any atom is 0.190 e. The minimum absolute atomic E-state index is 0. The summed E-state index contributed by atoms with van der Waals surface area (Å²) < 4.78 is 10.9. The van der Waals surface area contributed by atoms with Crippen LogP contribution in [0.1, 0.15) is 17.1 Å². The van der Waals surface area contributed by atoms with Crippen LogP contribution in [0.5, 0.6) is 11.5 Å². The summed E-state index contributed by atoms with van der Waals surface area (Å²) in [4.78, 5) is 8.68. The molecule has 0 aliphatic carbocycles. The van der Waals surface area contributed by atoms with E-state index in [1.807, 2.05) is 31.2 Å². The van der Waals surface area contributed by atoms with Crippen LogP contribution in [-0.4, -0.2) is 44.8 Å². The SMILES string of the molecule is CN=C(NCCCOc1cccc(OC)c1)NCCc1csc(C)n1.I. The lowest BCUT2D eigenvalue weighted by atomic mass is 10.3. The number of ether oxygens (including phenoxy) is 2. The number of methoxy groups -OCH3 is 1. The molecule has 0 spiro atoms. The average Bonchev–Trinajstić information content (AvgIpc) is 3.05. The van der Waals surface area contributed by atoms with Crippen LogP contribution >= 0.6 is 35.3 Å². The van der Waals surface area contributed by atoms with Gasteiger partial charge in [-0.05, 0) is 25.5 Å². The second-order valence-corrected chi connectivity index (χ2v) is 6.48. The van der Waals surface area contributed by atoms with Crippen LogP contribution in [0.4, 0.5) is 0 Å². The Morgan fingerprint density at radius 1 is 1.23 bits per heavy atom. The number of guanidine groups is 1. The number of halogens is 1. The first-order valence-electron chi connectivity index (χ1n) is 8.33. The number of aliphatic imine (C=N–C) groups is 1. The standard InChI is InChI=1S/C18H26N4O2S.HI/c1-14-22-15(13-25-14)8-10-21-18(19-2)20-9-5-11-24-17-7-4-6-16(12-17)23-3;/h4,6-7,12-13H,5,8-11H2,1-3H3,(H2,19,20,21);1H. The number of benzene rings is 1. The van der Waals surface area contributed by atoms with Gasteiger partial charge in [0.15, 0.2) is 5.96 Å². The van der Waals surface area contributed by atoms with Gasteiger partial charge in [0.25, 0.3) is 0 Å². The summed E-state index contributed by atoms with van der Waals surface area (Å²) in [6, 6.07) is 7.63. The van der Waals surface area contributed by atoms with Gasteiger partial charge in [0.2, 0.25) is 0 Å². The fourth-order valence-corrected chi connectivity index (χ4v) is 2.86. The van der Waals surface area contributed by atoms with Crippen LogP contribution in [0.15, 0.2) is 34.6 Å². The molecular formula is C18H27IN4O2S. The molecule has 0 saturated heterocycles. The number of nitrogens with one attached hydrogen (secondary N) is 2. The molecule has 26 heavy (non-hydrogen) atoms. The molecule has 0 atom stereocenters. The molecule has 1 aromatic carbocycles. The number of thiazole rings is 1. The molecule has 0 saturated carbocycles. The van der Waals surface area contributed by atoms with Gasteiger partial charge in [-0.1, -0.05) is 6.07 Å². The van der Waals surface area contributed by atoms with Crippen molar-refractivity contribution in [1.29, 1.82) is 0 Å². The van der Waals surface area contributed by atoms with E-state index in [0.29, 0.717) is 6.61 Å². The molecule has 1 heterocycles. The van der Waals surface area contributed by atoms with Gasteiger partial charge in [-0.3, -0.25) is 4.99 Å². The Labute approximate surface area is 176 Å². The van der Waals surface area contributed by atoms with E-state index in [1.165, 1.54) is 0 Å². The largest absolute Gasteiger partial charge is 0.497 e. The number of hydrogen-bond acceptors (Lipinski definition) is 5. The van der Waals surface area contributed by atoms with E-state index in [4.69, 9.17) is 9.47 Å². The highest BCUT2D eigenvalue weighted by molar-refractivity contribution is 14.0. The predicted octanol–water partition coefficient (Wildman–Crippen LogP) is 3.25. The summed E-state index contributed by atoms with van der Waals surface area (Å²) >= 11 is 1.68. The fourth-order valence-electron chi connectivity index (χ4n) is 2.21. The van der Waals surface area contributed by atoms with Crippen molar-refractivity contribution < 1.29 is 9.47 Å². The smallest absolute Gasteiger partial charge is 0.190 e. The molecule has 1 aromatic heterocycles. The van der Waals surface area contributed by atoms with Gasteiger partial charge in [0.1, 0.15) is 11.5 Å². The maximum atomic E-state index is 5.72. The number of nitrogens with zero attached hydrogens (tertiary/aromatic N) is 2. The second-order valence-electron chi connectivity index (χ2n) is 5.41. The average molecular weight is 490 g/mol. The zero-order chi connectivity index (χ0) is 17.9. The first-order chi connectivity index (χ1) is 12.2. The van der Waals surface area contributed by atoms with Gasteiger partial charge >= 0.3 is 0 Å². The molecule has 6 nitrogen and oxygen atoms in total. The predicted molar refractivity (Wildman–Crippen MR) is 118 cm³/mol. The molecule has 0 aliphatic rings. The molecule has 2 N–H and O–H groups in total. The second kappa shape index (κ2) is 12.7. The number of aryl methyl sites for hydroxylation is 1. The molecule has 8 heteroatoms. The Morgan fingerprint density at radius 3 is 2.69 bits per heavy atom.